The van der Waals surface area contributed by atoms with E-state index in [1.807, 2.05) is 0 Å². The van der Waals surface area contributed by atoms with Gasteiger partial charge in [0.25, 0.3) is 5.91 Å². The molecule has 100 valence electrons. The summed E-state index contributed by atoms with van der Waals surface area (Å²) in [6.45, 7) is 0.211. The lowest BCUT2D eigenvalue weighted by molar-refractivity contribution is 0.0572. The number of carbonyl (C=O) groups excluding carboxylic acids is 1. The minimum Gasteiger partial charge on any atom is -0.396 e. The molecule has 1 fully saturated rings. The molecule has 0 spiro atoms. The van der Waals surface area contributed by atoms with Gasteiger partial charge in [0.2, 0.25) is 0 Å². The molecule has 3 rings (SSSR count). The Labute approximate surface area is 112 Å². The Morgan fingerprint density at radius 3 is 2.58 bits per heavy atom. The van der Waals surface area contributed by atoms with E-state index in [2.05, 4.69) is 9.97 Å². The zero-order valence-electron chi connectivity index (χ0n) is 9.85. The van der Waals surface area contributed by atoms with Crippen molar-refractivity contribution in [1.82, 2.24) is 14.9 Å². The van der Waals surface area contributed by atoms with Gasteiger partial charge in [0.1, 0.15) is 15.2 Å². The number of β-amino-alcohol motifs (C(OH)–C–C–N with tert-alkyl or cyclic N) is 2. The lowest BCUT2D eigenvalue weighted by Crippen LogP contribution is -2.29. The van der Waals surface area contributed by atoms with E-state index < -0.39 is 12.2 Å². The quantitative estimate of drug-likeness (QED) is 0.646. The highest BCUT2D eigenvalue weighted by Gasteiger charge is 2.34. The van der Waals surface area contributed by atoms with E-state index in [0.29, 0.717) is 20.9 Å². The van der Waals surface area contributed by atoms with Gasteiger partial charge in [0, 0.05) is 25.5 Å². The minimum absolute atomic E-state index is 0.106. The number of carbonyl (C=O) groups is 1. The lowest BCUT2D eigenvalue weighted by Gasteiger charge is -2.14. The summed E-state index contributed by atoms with van der Waals surface area (Å²) in [5.41, 5.74) is 6.72. The fourth-order valence-electron chi connectivity index (χ4n) is 2.08. The van der Waals surface area contributed by atoms with Crippen molar-refractivity contribution in [2.24, 2.45) is 0 Å². The molecular weight excluding hydrogens is 268 g/mol. The van der Waals surface area contributed by atoms with Crippen LogP contribution in [0.2, 0.25) is 0 Å². The number of fused-ring (bicyclic) bond motifs is 1. The molecule has 2 unspecified atom stereocenters. The third-order valence-corrected chi connectivity index (χ3v) is 4.19. The second kappa shape index (κ2) is 4.41. The molecule has 2 aromatic heterocycles. The van der Waals surface area contributed by atoms with Gasteiger partial charge in [-0.05, 0) is 0 Å². The number of anilines is 1. The van der Waals surface area contributed by atoms with Crippen LogP contribution in [-0.2, 0) is 0 Å². The average Bonchev–Trinajstić information content (AvgIpc) is 2.91. The number of nitrogens with two attached hydrogens (primary N) is 1. The molecule has 0 aromatic carbocycles. The first kappa shape index (κ1) is 12.3. The molecule has 2 atom stereocenters. The SMILES string of the molecule is Nc1c(C(=O)N2CC(O)C(O)C2)sc2nccnc12. The highest BCUT2D eigenvalue weighted by atomic mass is 32.1. The van der Waals surface area contributed by atoms with Crippen LogP contribution in [0.5, 0.6) is 0 Å². The Hall–Kier alpha value is -1.77. The largest absolute Gasteiger partial charge is 0.396 e. The standard InChI is InChI=1S/C11H12N4O3S/c12-7-8-10(14-2-1-13-8)19-9(7)11(18)15-3-5(16)6(17)4-15/h1-2,5-6,16-17H,3-4,12H2. The van der Waals surface area contributed by atoms with Crippen molar-refractivity contribution in [3.8, 4) is 0 Å². The molecule has 0 saturated carbocycles. The molecule has 0 bridgehead atoms. The first-order valence-corrected chi connectivity index (χ1v) is 6.54. The number of nitrogens with zero attached hydrogens (tertiary/aromatic N) is 3. The van der Waals surface area contributed by atoms with Crippen molar-refractivity contribution < 1.29 is 15.0 Å². The zero-order chi connectivity index (χ0) is 13.6. The second-order valence-electron chi connectivity index (χ2n) is 4.40. The number of aliphatic hydroxyl groups is 2. The van der Waals surface area contributed by atoms with Gasteiger partial charge < -0.3 is 20.8 Å². The Kier molecular flexibility index (Phi) is 2.85. The monoisotopic (exact) mass is 280 g/mol. The molecule has 4 N–H and O–H groups in total. The van der Waals surface area contributed by atoms with Crippen molar-refractivity contribution in [2.45, 2.75) is 12.2 Å². The maximum absolute atomic E-state index is 12.3. The number of thiophene rings is 1. The van der Waals surface area contributed by atoms with E-state index in [9.17, 15) is 15.0 Å². The van der Waals surface area contributed by atoms with E-state index in [1.165, 1.54) is 28.6 Å². The molecule has 2 aromatic rings. The Morgan fingerprint density at radius 1 is 1.32 bits per heavy atom. The lowest BCUT2D eigenvalue weighted by atomic mass is 10.3. The van der Waals surface area contributed by atoms with Crippen molar-refractivity contribution in [3.05, 3.63) is 17.3 Å². The molecule has 1 aliphatic heterocycles. The van der Waals surface area contributed by atoms with Gasteiger partial charge in [0.15, 0.2) is 0 Å². The predicted molar refractivity (Wildman–Crippen MR) is 69.7 cm³/mol. The molecular formula is C11H12N4O3S. The topological polar surface area (TPSA) is 113 Å². The van der Waals surface area contributed by atoms with Crippen LogP contribution in [0.1, 0.15) is 9.67 Å². The van der Waals surface area contributed by atoms with Crippen LogP contribution in [0, 0.1) is 0 Å². The van der Waals surface area contributed by atoms with Crippen molar-refractivity contribution in [2.75, 3.05) is 18.8 Å². The summed E-state index contributed by atoms with van der Waals surface area (Å²) in [7, 11) is 0. The van der Waals surface area contributed by atoms with Gasteiger partial charge in [-0.3, -0.25) is 4.79 Å². The van der Waals surface area contributed by atoms with Crippen LogP contribution in [0.15, 0.2) is 12.4 Å². The summed E-state index contributed by atoms with van der Waals surface area (Å²) in [6, 6.07) is 0. The molecule has 0 radical (unpaired) electrons. The highest BCUT2D eigenvalue weighted by molar-refractivity contribution is 7.21. The summed E-state index contributed by atoms with van der Waals surface area (Å²) in [5, 5.41) is 19.0. The molecule has 1 amide bonds. The third kappa shape index (κ3) is 1.93. The van der Waals surface area contributed by atoms with Crippen LogP contribution in [0.3, 0.4) is 0 Å². The molecule has 7 nitrogen and oxygen atoms in total. The number of hydrogen-bond acceptors (Lipinski definition) is 7. The summed E-state index contributed by atoms with van der Waals surface area (Å²) < 4.78 is 0. The van der Waals surface area contributed by atoms with Crippen LogP contribution in [-0.4, -0.2) is 56.3 Å². The number of amides is 1. The van der Waals surface area contributed by atoms with E-state index in [1.54, 1.807) is 0 Å². The van der Waals surface area contributed by atoms with Gasteiger partial charge in [-0.25, -0.2) is 9.97 Å². The first-order chi connectivity index (χ1) is 9.08. The Balaban J connectivity index is 1.96. The maximum Gasteiger partial charge on any atom is 0.266 e. The van der Waals surface area contributed by atoms with E-state index in [-0.39, 0.29) is 19.0 Å². The number of hydrogen-bond donors (Lipinski definition) is 3. The fourth-order valence-corrected chi connectivity index (χ4v) is 3.07. The molecule has 1 aliphatic rings. The molecule has 3 heterocycles. The van der Waals surface area contributed by atoms with Crippen LogP contribution in [0.25, 0.3) is 10.3 Å². The van der Waals surface area contributed by atoms with Gasteiger partial charge >= 0.3 is 0 Å². The Morgan fingerprint density at radius 2 is 1.95 bits per heavy atom. The maximum atomic E-state index is 12.3. The average molecular weight is 280 g/mol. The summed E-state index contributed by atoms with van der Waals surface area (Å²) in [5.74, 6) is -0.307. The minimum atomic E-state index is -0.907. The van der Waals surface area contributed by atoms with E-state index in [4.69, 9.17) is 5.73 Å². The second-order valence-corrected chi connectivity index (χ2v) is 5.40. The highest BCUT2D eigenvalue weighted by Crippen LogP contribution is 2.32. The number of rotatable bonds is 1. The first-order valence-electron chi connectivity index (χ1n) is 5.72. The Bertz CT molecular complexity index is 634. The van der Waals surface area contributed by atoms with Crippen molar-refractivity contribution in [1.29, 1.82) is 0 Å². The number of aromatic nitrogens is 2. The van der Waals surface area contributed by atoms with Gasteiger partial charge in [0.05, 0.1) is 17.9 Å². The number of likely N-dealkylation sites (tertiary alicyclic amines) is 1. The summed E-state index contributed by atoms with van der Waals surface area (Å²) >= 11 is 1.17. The molecule has 19 heavy (non-hydrogen) atoms. The molecule has 8 heteroatoms. The predicted octanol–water partition coefficient (Wildman–Crippen LogP) is -0.549. The van der Waals surface area contributed by atoms with Crippen molar-refractivity contribution in [3.63, 3.8) is 0 Å². The van der Waals surface area contributed by atoms with Gasteiger partial charge in [-0.1, -0.05) is 0 Å². The normalized spacial score (nSPS) is 23.2. The fraction of sp³-hybridized carbons (Fsp3) is 0.364. The smallest absolute Gasteiger partial charge is 0.266 e. The third-order valence-electron chi connectivity index (χ3n) is 3.10. The molecule has 0 aliphatic carbocycles. The zero-order valence-corrected chi connectivity index (χ0v) is 10.7. The van der Waals surface area contributed by atoms with Crippen molar-refractivity contribution >= 4 is 33.3 Å². The molecule has 1 saturated heterocycles. The van der Waals surface area contributed by atoms with Gasteiger partial charge in [-0.2, -0.15) is 0 Å². The van der Waals surface area contributed by atoms with Crippen LogP contribution in [0.4, 0.5) is 5.69 Å². The summed E-state index contributed by atoms with van der Waals surface area (Å²) in [6.07, 6.45) is 1.24. The van der Waals surface area contributed by atoms with E-state index >= 15 is 0 Å². The van der Waals surface area contributed by atoms with Gasteiger partial charge in [-0.15, -0.1) is 11.3 Å². The van der Waals surface area contributed by atoms with Crippen LogP contribution >= 0.6 is 11.3 Å². The number of nitrogen functional groups attached to an aromatic ring is 1. The van der Waals surface area contributed by atoms with E-state index in [0.717, 1.165) is 0 Å². The summed E-state index contributed by atoms with van der Waals surface area (Å²) in [4.78, 5) is 22.8. The van der Waals surface area contributed by atoms with Crippen LogP contribution < -0.4 is 5.73 Å². The number of aliphatic hydroxyl groups excluding tert-OH is 2.